The number of rotatable bonds is 3. The average molecular weight is 216 g/mol. The van der Waals surface area contributed by atoms with Crippen molar-refractivity contribution in [2.45, 2.75) is 0 Å². The minimum absolute atomic E-state index is 0.0444. The monoisotopic (exact) mass is 216 g/mol. The van der Waals surface area contributed by atoms with E-state index in [0.29, 0.717) is 0 Å². The van der Waals surface area contributed by atoms with Crippen LogP contribution < -0.4 is 10.6 Å². The molecule has 0 bridgehead atoms. The second kappa shape index (κ2) is 5.26. The molecule has 2 amide bonds. The molecule has 0 saturated carbocycles. The average Bonchev–Trinajstić information content (AvgIpc) is 2.20. The van der Waals surface area contributed by atoms with Crippen LogP contribution in [0.3, 0.4) is 0 Å². The zero-order chi connectivity index (χ0) is 11.3. The molecular formula is C9H10F2N2O2. The van der Waals surface area contributed by atoms with E-state index < -0.39 is 17.7 Å². The van der Waals surface area contributed by atoms with Crippen molar-refractivity contribution in [3.63, 3.8) is 0 Å². The van der Waals surface area contributed by atoms with E-state index in [-0.39, 0.29) is 18.8 Å². The molecule has 0 unspecified atom stereocenters. The number of aliphatic hydroxyl groups excluding tert-OH is 1. The Morgan fingerprint density at radius 1 is 1.40 bits per heavy atom. The van der Waals surface area contributed by atoms with Crippen LogP contribution in [-0.2, 0) is 0 Å². The van der Waals surface area contributed by atoms with Gasteiger partial charge in [0.05, 0.1) is 12.3 Å². The van der Waals surface area contributed by atoms with Crippen LogP contribution in [-0.4, -0.2) is 24.3 Å². The Labute approximate surface area is 84.9 Å². The third kappa shape index (κ3) is 3.51. The molecule has 15 heavy (non-hydrogen) atoms. The number of aliphatic hydroxyl groups is 1. The fraction of sp³-hybridized carbons (Fsp3) is 0.222. The molecule has 0 atom stereocenters. The standard InChI is InChI=1S/C9H10F2N2O2/c10-6-1-2-7(11)8(5-6)13-9(15)12-3-4-14/h1-2,5,14H,3-4H2,(H2,12,13,15). The minimum atomic E-state index is -0.726. The Kier molecular flexibility index (Phi) is 3.99. The van der Waals surface area contributed by atoms with Crippen molar-refractivity contribution in [2.24, 2.45) is 0 Å². The third-order valence-electron chi connectivity index (χ3n) is 1.57. The quantitative estimate of drug-likeness (QED) is 0.708. The fourth-order valence-corrected chi connectivity index (χ4v) is 0.929. The number of halogens is 2. The first-order valence-corrected chi connectivity index (χ1v) is 4.24. The van der Waals surface area contributed by atoms with Gasteiger partial charge in [-0.2, -0.15) is 0 Å². The van der Waals surface area contributed by atoms with Gasteiger partial charge in [-0.3, -0.25) is 0 Å². The fourth-order valence-electron chi connectivity index (χ4n) is 0.929. The molecule has 0 aliphatic carbocycles. The third-order valence-corrected chi connectivity index (χ3v) is 1.57. The van der Waals surface area contributed by atoms with Crippen molar-refractivity contribution in [1.29, 1.82) is 0 Å². The predicted molar refractivity (Wildman–Crippen MR) is 50.5 cm³/mol. The minimum Gasteiger partial charge on any atom is -0.395 e. The van der Waals surface area contributed by atoms with E-state index in [2.05, 4.69) is 10.6 Å². The van der Waals surface area contributed by atoms with Gasteiger partial charge in [0.15, 0.2) is 0 Å². The number of urea groups is 1. The summed E-state index contributed by atoms with van der Waals surface area (Å²) in [6.07, 6.45) is 0. The lowest BCUT2D eigenvalue weighted by molar-refractivity contribution is 0.244. The van der Waals surface area contributed by atoms with Crippen LogP contribution in [0.15, 0.2) is 18.2 Å². The summed E-state index contributed by atoms with van der Waals surface area (Å²) in [5.41, 5.74) is -0.245. The molecule has 4 nitrogen and oxygen atoms in total. The number of benzene rings is 1. The zero-order valence-electron chi connectivity index (χ0n) is 7.76. The van der Waals surface area contributed by atoms with Gasteiger partial charge in [-0.15, -0.1) is 0 Å². The van der Waals surface area contributed by atoms with Crippen molar-refractivity contribution in [1.82, 2.24) is 5.32 Å². The lowest BCUT2D eigenvalue weighted by Gasteiger charge is -2.07. The second-order valence-corrected chi connectivity index (χ2v) is 2.73. The largest absolute Gasteiger partial charge is 0.395 e. The molecule has 0 fully saturated rings. The molecule has 0 radical (unpaired) electrons. The van der Waals surface area contributed by atoms with Crippen LogP contribution >= 0.6 is 0 Å². The molecule has 0 aromatic heterocycles. The molecule has 0 heterocycles. The topological polar surface area (TPSA) is 61.4 Å². The Morgan fingerprint density at radius 2 is 2.13 bits per heavy atom. The number of hydrogen-bond donors (Lipinski definition) is 3. The number of carbonyl (C=O) groups excluding carboxylic acids is 1. The predicted octanol–water partition coefficient (Wildman–Crippen LogP) is 1.08. The molecule has 6 heteroatoms. The second-order valence-electron chi connectivity index (χ2n) is 2.73. The lowest BCUT2D eigenvalue weighted by Crippen LogP contribution is -2.31. The van der Waals surface area contributed by atoms with Crippen molar-refractivity contribution in [3.05, 3.63) is 29.8 Å². The van der Waals surface area contributed by atoms with Gasteiger partial charge in [-0.05, 0) is 12.1 Å². The summed E-state index contributed by atoms with van der Waals surface area (Å²) in [4.78, 5) is 11.0. The lowest BCUT2D eigenvalue weighted by atomic mass is 10.3. The molecule has 0 spiro atoms. The van der Waals surface area contributed by atoms with Gasteiger partial charge in [0.25, 0.3) is 0 Å². The normalized spacial score (nSPS) is 9.80. The summed E-state index contributed by atoms with van der Waals surface area (Å²) in [7, 11) is 0. The molecule has 0 aliphatic heterocycles. The van der Waals surface area contributed by atoms with E-state index >= 15 is 0 Å². The molecule has 1 aromatic carbocycles. The van der Waals surface area contributed by atoms with Crippen molar-refractivity contribution < 1.29 is 18.7 Å². The van der Waals surface area contributed by atoms with Gasteiger partial charge in [0.2, 0.25) is 0 Å². The Bertz CT molecular complexity index is 358. The van der Waals surface area contributed by atoms with E-state index in [1.54, 1.807) is 0 Å². The summed E-state index contributed by atoms with van der Waals surface area (Å²) >= 11 is 0. The highest BCUT2D eigenvalue weighted by molar-refractivity contribution is 5.89. The van der Waals surface area contributed by atoms with E-state index in [4.69, 9.17) is 5.11 Å². The molecular weight excluding hydrogens is 206 g/mol. The molecule has 3 N–H and O–H groups in total. The summed E-state index contributed by atoms with van der Waals surface area (Å²) in [6, 6.07) is 2.03. The van der Waals surface area contributed by atoms with E-state index in [1.165, 1.54) is 0 Å². The zero-order valence-corrected chi connectivity index (χ0v) is 7.76. The first kappa shape index (κ1) is 11.4. The van der Waals surface area contributed by atoms with Crippen LogP contribution in [0.1, 0.15) is 0 Å². The van der Waals surface area contributed by atoms with Gasteiger partial charge in [0.1, 0.15) is 11.6 Å². The maximum absolute atomic E-state index is 13.0. The Hall–Kier alpha value is -1.69. The number of nitrogens with one attached hydrogen (secondary N) is 2. The maximum atomic E-state index is 13.0. The molecule has 0 aliphatic rings. The highest BCUT2D eigenvalue weighted by Gasteiger charge is 2.06. The van der Waals surface area contributed by atoms with Crippen LogP contribution in [0.4, 0.5) is 19.3 Å². The van der Waals surface area contributed by atoms with Gasteiger partial charge < -0.3 is 15.7 Å². The Balaban J connectivity index is 2.63. The highest BCUT2D eigenvalue weighted by Crippen LogP contribution is 2.14. The first-order valence-electron chi connectivity index (χ1n) is 4.24. The summed E-state index contributed by atoms with van der Waals surface area (Å²) in [5.74, 6) is -1.37. The van der Waals surface area contributed by atoms with Crippen LogP contribution in [0.5, 0.6) is 0 Å². The molecule has 0 saturated heterocycles. The molecule has 1 aromatic rings. The number of hydrogen-bond acceptors (Lipinski definition) is 2. The van der Waals surface area contributed by atoms with Crippen LogP contribution in [0, 0.1) is 11.6 Å². The van der Waals surface area contributed by atoms with Crippen LogP contribution in [0.2, 0.25) is 0 Å². The first-order chi connectivity index (χ1) is 7.13. The van der Waals surface area contributed by atoms with E-state index in [1.807, 2.05) is 0 Å². The van der Waals surface area contributed by atoms with E-state index in [9.17, 15) is 13.6 Å². The number of carbonyl (C=O) groups is 1. The van der Waals surface area contributed by atoms with Crippen LogP contribution in [0.25, 0.3) is 0 Å². The number of amides is 2. The van der Waals surface area contributed by atoms with Gasteiger partial charge >= 0.3 is 6.03 Å². The summed E-state index contributed by atoms with van der Waals surface area (Å²) in [6.45, 7) is -0.179. The summed E-state index contributed by atoms with van der Waals surface area (Å²) in [5, 5.41) is 12.8. The Morgan fingerprint density at radius 3 is 2.80 bits per heavy atom. The highest BCUT2D eigenvalue weighted by atomic mass is 19.1. The summed E-state index contributed by atoms with van der Waals surface area (Å²) < 4.78 is 25.7. The van der Waals surface area contributed by atoms with Crippen molar-refractivity contribution in [3.8, 4) is 0 Å². The molecule has 1 rings (SSSR count). The SMILES string of the molecule is O=C(NCCO)Nc1cc(F)ccc1F. The van der Waals surface area contributed by atoms with Gasteiger partial charge in [-0.1, -0.05) is 0 Å². The molecule has 82 valence electrons. The maximum Gasteiger partial charge on any atom is 0.319 e. The van der Waals surface area contributed by atoms with Gasteiger partial charge in [-0.25, -0.2) is 13.6 Å². The van der Waals surface area contributed by atoms with Crippen molar-refractivity contribution >= 4 is 11.7 Å². The van der Waals surface area contributed by atoms with E-state index in [0.717, 1.165) is 18.2 Å². The van der Waals surface area contributed by atoms with Crippen molar-refractivity contribution in [2.75, 3.05) is 18.5 Å². The smallest absolute Gasteiger partial charge is 0.319 e. The van der Waals surface area contributed by atoms with Gasteiger partial charge in [0, 0.05) is 12.6 Å². The number of anilines is 1.